The van der Waals surface area contributed by atoms with Crippen LogP contribution in [0.15, 0.2) is 0 Å². The Kier molecular flexibility index (Phi) is 3.32. The van der Waals surface area contributed by atoms with Crippen LogP contribution in [0.3, 0.4) is 0 Å². The number of nitrogens with one attached hydrogen (secondary N) is 2. The minimum absolute atomic E-state index is 0.0711. The van der Waals surface area contributed by atoms with E-state index in [-0.39, 0.29) is 24.1 Å². The molecule has 1 saturated heterocycles. The summed E-state index contributed by atoms with van der Waals surface area (Å²) in [5.74, 6) is 2.51. The van der Waals surface area contributed by atoms with Crippen molar-refractivity contribution in [3.63, 3.8) is 0 Å². The number of aliphatic hydroxyl groups is 1. The summed E-state index contributed by atoms with van der Waals surface area (Å²) in [6, 6.07) is 0.0911. The highest BCUT2D eigenvalue weighted by Crippen LogP contribution is 2.49. The Labute approximate surface area is 109 Å². The molecule has 1 aliphatic heterocycles. The van der Waals surface area contributed by atoms with Gasteiger partial charge in [-0.15, -0.1) is 0 Å². The molecule has 3 fully saturated rings. The highest BCUT2D eigenvalue weighted by molar-refractivity contribution is 5.82. The zero-order chi connectivity index (χ0) is 12.7. The Hall–Kier alpha value is -0.610. The van der Waals surface area contributed by atoms with Crippen molar-refractivity contribution in [1.82, 2.24) is 10.6 Å². The molecule has 2 bridgehead atoms. The molecule has 0 aromatic carbocycles. The van der Waals surface area contributed by atoms with Gasteiger partial charge in [-0.3, -0.25) is 4.79 Å². The largest absolute Gasteiger partial charge is 0.392 e. The summed E-state index contributed by atoms with van der Waals surface area (Å²) in [5, 5.41) is 15.7. The van der Waals surface area contributed by atoms with Gasteiger partial charge >= 0.3 is 0 Å². The maximum atomic E-state index is 12.1. The van der Waals surface area contributed by atoms with Crippen LogP contribution in [0, 0.1) is 17.8 Å². The second kappa shape index (κ2) is 4.82. The smallest absolute Gasteiger partial charge is 0.237 e. The predicted octanol–water partition coefficient (Wildman–Crippen LogP) is 0.650. The first kappa shape index (κ1) is 12.4. The molecule has 0 radical (unpaired) electrons. The molecule has 4 heteroatoms. The fourth-order valence-corrected chi connectivity index (χ4v) is 4.26. The highest BCUT2D eigenvalue weighted by Gasteiger charge is 2.42. The van der Waals surface area contributed by atoms with E-state index in [1.165, 1.54) is 25.7 Å². The standard InChI is InChI=1S/C14H24N2O2/c1-8(12-5-9-2-3-10(12)4-9)16-14(18)13-6-11(17)7-15-13/h8-13,15,17H,2-7H2,1H3,(H,16,18). The first-order valence-corrected chi connectivity index (χ1v) is 7.35. The SMILES string of the molecule is CC(NC(=O)C1CC(O)CN1)C1CC2CCC1C2. The summed E-state index contributed by atoms with van der Waals surface area (Å²) >= 11 is 0. The third-order valence-corrected chi connectivity index (χ3v) is 5.23. The van der Waals surface area contributed by atoms with Crippen LogP contribution in [0.5, 0.6) is 0 Å². The van der Waals surface area contributed by atoms with E-state index in [0.29, 0.717) is 18.9 Å². The van der Waals surface area contributed by atoms with Crippen molar-refractivity contribution >= 4 is 5.91 Å². The first-order valence-electron chi connectivity index (χ1n) is 7.35. The zero-order valence-corrected chi connectivity index (χ0v) is 11.1. The van der Waals surface area contributed by atoms with Crippen LogP contribution in [0.25, 0.3) is 0 Å². The molecule has 0 aromatic rings. The van der Waals surface area contributed by atoms with E-state index in [1.807, 2.05) is 0 Å². The predicted molar refractivity (Wildman–Crippen MR) is 69.0 cm³/mol. The summed E-state index contributed by atoms with van der Waals surface area (Å²) in [4.78, 5) is 12.1. The van der Waals surface area contributed by atoms with Crippen LogP contribution >= 0.6 is 0 Å². The average molecular weight is 252 g/mol. The second-order valence-electron chi connectivity index (χ2n) is 6.49. The maximum Gasteiger partial charge on any atom is 0.237 e. The molecule has 18 heavy (non-hydrogen) atoms. The topological polar surface area (TPSA) is 61.4 Å². The molecule has 3 rings (SSSR count). The molecule has 3 aliphatic rings. The number of amides is 1. The minimum atomic E-state index is -0.362. The molecule has 3 N–H and O–H groups in total. The van der Waals surface area contributed by atoms with Crippen LogP contribution in [0.4, 0.5) is 0 Å². The second-order valence-corrected chi connectivity index (χ2v) is 6.49. The minimum Gasteiger partial charge on any atom is -0.392 e. The maximum absolute atomic E-state index is 12.1. The van der Waals surface area contributed by atoms with Crippen molar-refractivity contribution in [2.75, 3.05) is 6.54 Å². The Bertz CT molecular complexity index is 334. The van der Waals surface area contributed by atoms with Crippen LogP contribution < -0.4 is 10.6 Å². The van der Waals surface area contributed by atoms with Gasteiger partial charge in [-0.1, -0.05) is 6.42 Å². The lowest BCUT2D eigenvalue weighted by Gasteiger charge is -2.29. The number of carbonyl (C=O) groups is 1. The van der Waals surface area contributed by atoms with Crippen molar-refractivity contribution < 1.29 is 9.90 Å². The van der Waals surface area contributed by atoms with Gasteiger partial charge in [0.25, 0.3) is 0 Å². The quantitative estimate of drug-likeness (QED) is 0.691. The van der Waals surface area contributed by atoms with Gasteiger partial charge in [-0.05, 0) is 50.4 Å². The molecular weight excluding hydrogens is 228 g/mol. The summed E-state index contributed by atoms with van der Waals surface area (Å²) in [5.41, 5.74) is 0. The van der Waals surface area contributed by atoms with Crippen molar-refractivity contribution in [3.8, 4) is 0 Å². The van der Waals surface area contributed by atoms with Gasteiger partial charge in [0.15, 0.2) is 0 Å². The van der Waals surface area contributed by atoms with Crippen LogP contribution in [-0.2, 0) is 4.79 Å². The molecule has 1 heterocycles. The average Bonchev–Trinajstić information content (AvgIpc) is 3.03. The van der Waals surface area contributed by atoms with Crippen molar-refractivity contribution in [2.45, 2.75) is 57.2 Å². The van der Waals surface area contributed by atoms with Crippen LogP contribution in [0.1, 0.15) is 39.0 Å². The van der Waals surface area contributed by atoms with Gasteiger partial charge < -0.3 is 15.7 Å². The van der Waals surface area contributed by atoms with E-state index in [9.17, 15) is 9.90 Å². The fraction of sp³-hybridized carbons (Fsp3) is 0.929. The lowest BCUT2D eigenvalue weighted by Crippen LogP contribution is -2.47. The van der Waals surface area contributed by atoms with Gasteiger partial charge in [-0.2, -0.15) is 0 Å². The molecule has 0 spiro atoms. The van der Waals surface area contributed by atoms with Gasteiger partial charge in [0.2, 0.25) is 5.91 Å². The van der Waals surface area contributed by atoms with E-state index in [1.54, 1.807) is 0 Å². The Morgan fingerprint density at radius 1 is 1.33 bits per heavy atom. The summed E-state index contributed by atoms with van der Waals surface area (Å²) in [7, 11) is 0. The van der Waals surface area contributed by atoms with E-state index in [4.69, 9.17) is 0 Å². The van der Waals surface area contributed by atoms with E-state index < -0.39 is 0 Å². The molecule has 2 saturated carbocycles. The Balaban J connectivity index is 1.51. The molecule has 0 aromatic heterocycles. The summed E-state index contributed by atoms with van der Waals surface area (Å²) in [6.07, 6.45) is 5.63. The number of hydrogen-bond donors (Lipinski definition) is 3. The molecule has 6 unspecified atom stereocenters. The van der Waals surface area contributed by atoms with Crippen molar-refractivity contribution in [1.29, 1.82) is 0 Å². The number of carbonyl (C=O) groups excluding carboxylic acids is 1. The molecule has 102 valence electrons. The number of β-amino-alcohol motifs (C(OH)–C–C–N with tert-alkyl or cyclic N) is 1. The molecule has 1 amide bonds. The fourth-order valence-electron chi connectivity index (χ4n) is 4.26. The number of hydrogen-bond acceptors (Lipinski definition) is 3. The molecular formula is C14H24N2O2. The molecule has 6 atom stereocenters. The van der Waals surface area contributed by atoms with E-state index in [2.05, 4.69) is 17.6 Å². The third-order valence-electron chi connectivity index (χ3n) is 5.23. The Morgan fingerprint density at radius 2 is 2.17 bits per heavy atom. The monoisotopic (exact) mass is 252 g/mol. The van der Waals surface area contributed by atoms with Gasteiger partial charge in [0.1, 0.15) is 0 Å². The first-order chi connectivity index (χ1) is 8.63. The third kappa shape index (κ3) is 2.28. The van der Waals surface area contributed by atoms with Crippen molar-refractivity contribution in [3.05, 3.63) is 0 Å². The number of aliphatic hydroxyl groups excluding tert-OH is 1. The lowest BCUT2D eigenvalue weighted by atomic mass is 9.84. The normalized spacial score (nSPS) is 44.2. The van der Waals surface area contributed by atoms with E-state index in [0.717, 1.165) is 11.8 Å². The lowest BCUT2D eigenvalue weighted by molar-refractivity contribution is -0.124. The zero-order valence-electron chi connectivity index (χ0n) is 11.1. The Morgan fingerprint density at radius 3 is 2.72 bits per heavy atom. The van der Waals surface area contributed by atoms with Gasteiger partial charge in [-0.25, -0.2) is 0 Å². The highest BCUT2D eigenvalue weighted by atomic mass is 16.3. The van der Waals surface area contributed by atoms with Crippen LogP contribution in [-0.4, -0.2) is 35.7 Å². The van der Waals surface area contributed by atoms with Gasteiger partial charge in [0.05, 0.1) is 12.1 Å². The number of rotatable bonds is 3. The summed E-state index contributed by atoms with van der Waals surface area (Å²) in [6.45, 7) is 2.69. The van der Waals surface area contributed by atoms with E-state index >= 15 is 0 Å². The summed E-state index contributed by atoms with van der Waals surface area (Å²) < 4.78 is 0. The van der Waals surface area contributed by atoms with Gasteiger partial charge in [0, 0.05) is 12.6 Å². The molecule has 2 aliphatic carbocycles. The molecule has 4 nitrogen and oxygen atoms in total. The van der Waals surface area contributed by atoms with Crippen molar-refractivity contribution in [2.24, 2.45) is 17.8 Å². The van der Waals surface area contributed by atoms with Crippen LogP contribution in [0.2, 0.25) is 0 Å². The number of fused-ring (bicyclic) bond motifs is 2.